The van der Waals surface area contributed by atoms with Crippen molar-refractivity contribution in [2.75, 3.05) is 0 Å². The van der Waals surface area contributed by atoms with Crippen molar-refractivity contribution >= 4 is 11.6 Å². The van der Waals surface area contributed by atoms with E-state index in [1.807, 2.05) is 0 Å². The highest BCUT2D eigenvalue weighted by atomic mass is 19.2. The molecule has 0 spiro atoms. The van der Waals surface area contributed by atoms with Gasteiger partial charge in [-0.15, -0.1) is 0 Å². The molecular weight excluding hydrogens is 348 g/mol. The fraction of sp³-hybridized carbons (Fsp3) is 0.200. The van der Waals surface area contributed by atoms with E-state index in [0.29, 0.717) is 0 Å². The zero-order valence-corrected chi connectivity index (χ0v) is 13.3. The number of ketones is 2. The molecule has 0 aliphatic heterocycles. The summed E-state index contributed by atoms with van der Waals surface area (Å²) in [4.78, 5) is 24.4. The minimum absolute atomic E-state index is 0.106. The number of fused-ring (bicyclic) bond motifs is 2. The number of allylic oxidation sites excluding steroid dienone is 2. The van der Waals surface area contributed by atoms with Crippen molar-refractivity contribution in [2.45, 2.75) is 23.2 Å². The third-order valence-corrected chi connectivity index (χ3v) is 5.21. The minimum atomic E-state index is -3.57. The highest BCUT2D eigenvalue weighted by molar-refractivity contribution is 6.47. The van der Waals surface area contributed by atoms with Crippen LogP contribution in [0.1, 0.15) is 23.0 Å². The lowest BCUT2D eigenvalue weighted by atomic mass is 9.53. The maximum Gasteiger partial charge on any atom is 0.247 e. The van der Waals surface area contributed by atoms with Crippen LogP contribution in [0.25, 0.3) is 0 Å². The Hall–Kier alpha value is -2.76. The van der Waals surface area contributed by atoms with Crippen molar-refractivity contribution in [3.63, 3.8) is 0 Å². The Kier molecular flexibility index (Phi) is 3.45. The molecule has 1 fully saturated rings. The number of hydrogen-bond acceptors (Lipinski definition) is 2. The van der Waals surface area contributed by atoms with Crippen molar-refractivity contribution in [1.82, 2.24) is 0 Å². The van der Waals surface area contributed by atoms with E-state index in [0.717, 1.165) is 0 Å². The lowest BCUT2D eigenvalue weighted by molar-refractivity contribution is -0.161. The van der Waals surface area contributed by atoms with Gasteiger partial charge in [0, 0.05) is 11.8 Å². The number of rotatable bonds is 2. The number of halogens is 4. The number of carbonyl (C=O) groups is 2. The lowest BCUT2D eigenvalue weighted by Crippen LogP contribution is -2.67. The van der Waals surface area contributed by atoms with Crippen LogP contribution in [-0.4, -0.2) is 22.9 Å². The molecule has 1 saturated carbocycles. The zero-order valence-electron chi connectivity index (χ0n) is 13.3. The summed E-state index contributed by atoms with van der Waals surface area (Å²) in [6.45, 7) is 0. The smallest absolute Gasteiger partial charge is 0.247 e. The van der Waals surface area contributed by atoms with Crippen LogP contribution in [0.2, 0.25) is 0 Å². The van der Waals surface area contributed by atoms with E-state index in [9.17, 15) is 18.4 Å². The highest BCUT2D eigenvalue weighted by Gasteiger charge is 2.77. The van der Waals surface area contributed by atoms with Crippen LogP contribution in [0.15, 0.2) is 72.3 Å². The van der Waals surface area contributed by atoms with Crippen LogP contribution >= 0.6 is 0 Å². The molecule has 0 N–H and O–H groups in total. The molecule has 5 rings (SSSR count). The summed E-state index contributed by atoms with van der Waals surface area (Å²) in [5.41, 5.74) is -6.93. The average molecular weight is 360 g/mol. The molecule has 2 aromatic carbocycles. The van der Waals surface area contributed by atoms with E-state index in [-0.39, 0.29) is 11.1 Å². The summed E-state index contributed by atoms with van der Waals surface area (Å²) < 4.78 is 60.3. The van der Waals surface area contributed by atoms with Crippen molar-refractivity contribution in [2.24, 2.45) is 0 Å². The third-order valence-electron chi connectivity index (χ3n) is 5.21. The molecule has 0 radical (unpaired) electrons. The van der Waals surface area contributed by atoms with Gasteiger partial charge in [0.1, 0.15) is 0 Å². The van der Waals surface area contributed by atoms with E-state index in [1.165, 1.54) is 48.5 Å². The first-order chi connectivity index (χ1) is 12.3. The molecule has 0 amide bonds. The summed E-state index contributed by atoms with van der Waals surface area (Å²) in [5, 5.41) is 0. The van der Waals surface area contributed by atoms with Gasteiger partial charge in [-0.1, -0.05) is 60.7 Å². The summed E-state index contributed by atoms with van der Waals surface area (Å²) in [5.74, 6) is -11.5. The second-order valence-electron chi connectivity index (χ2n) is 6.49. The number of hydrogen-bond donors (Lipinski definition) is 0. The van der Waals surface area contributed by atoms with Crippen LogP contribution in [0.3, 0.4) is 0 Å². The van der Waals surface area contributed by atoms with Crippen molar-refractivity contribution in [1.29, 1.82) is 0 Å². The molecule has 6 heteroatoms. The van der Waals surface area contributed by atoms with Crippen molar-refractivity contribution in [3.8, 4) is 0 Å². The molecule has 26 heavy (non-hydrogen) atoms. The quantitative estimate of drug-likeness (QED) is 0.592. The monoisotopic (exact) mass is 360 g/mol. The predicted octanol–water partition coefficient (Wildman–Crippen LogP) is 4.29. The Morgan fingerprint density at radius 1 is 0.615 bits per heavy atom. The van der Waals surface area contributed by atoms with Gasteiger partial charge in [-0.25, -0.2) is 17.6 Å². The maximum atomic E-state index is 15.7. The SMILES string of the molecule is O=C1C(=O)[C@]2(F)C(F)=C(F)[C@@]1(F)[C@@H](c1ccccc1)[C@@H]2c1ccccc1. The molecule has 2 aromatic rings. The van der Waals surface area contributed by atoms with Crippen molar-refractivity contribution < 1.29 is 27.2 Å². The molecule has 0 heterocycles. The topological polar surface area (TPSA) is 34.1 Å². The van der Waals surface area contributed by atoms with Gasteiger partial charge >= 0.3 is 0 Å². The molecule has 3 aliphatic rings. The van der Waals surface area contributed by atoms with Gasteiger partial charge in [0.25, 0.3) is 0 Å². The first-order valence-electron chi connectivity index (χ1n) is 7.97. The Morgan fingerprint density at radius 3 is 1.23 bits per heavy atom. The van der Waals surface area contributed by atoms with Gasteiger partial charge in [-0.3, -0.25) is 9.59 Å². The first-order valence-corrected chi connectivity index (χ1v) is 7.97. The van der Waals surface area contributed by atoms with E-state index >= 15 is 8.78 Å². The molecule has 0 aromatic heterocycles. The Bertz CT molecular complexity index is 863. The highest BCUT2D eigenvalue weighted by Crippen LogP contribution is 2.64. The molecule has 2 bridgehead atoms. The standard InChI is InChI=1S/C20H12F4O2/c21-15-16(22)20(24)14(12-9-5-2-6-10-12)13(11-7-3-1-4-8-11)19(15,23)17(25)18(20)26/h1-10,13-14H/t13-,14-,19-,20+/m0/s1. The van der Waals surface area contributed by atoms with Gasteiger partial charge in [-0.2, -0.15) is 0 Å². The minimum Gasteiger partial charge on any atom is -0.287 e. The van der Waals surface area contributed by atoms with E-state index in [4.69, 9.17) is 0 Å². The number of Topliss-reactive ketones (excluding diaryl/α,β-unsaturated/α-hetero) is 2. The summed E-state index contributed by atoms with van der Waals surface area (Å²) >= 11 is 0. The van der Waals surface area contributed by atoms with Crippen LogP contribution in [0.5, 0.6) is 0 Å². The molecule has 0 saturated heterocycles. The van der Waals surface area contributed by atoms with E-state index in [1.54, 1.807) is 12.1 Å². The third kappa shape index (κ3) is 1.81. The van der Waals surface area contributed by atoms with Gasteiger partial charge in [-0.05, 0) is 11.1 Å². The largest absolute Gasteiger partial charge is 0.287 e. The van der Waals surface area contributed by atoms with Gasteiger partial charge < -0.3 is 0 Å². The number of alkyl halides is 2. The fourth-order valence-corrected chi connectivity index (χ4v) is 4.03. The normalized spacial score (nSPS) is 33.7. The van der Waals surface area contributed by atoms with Crippen molar-refractivity contribution in [3.05, 3.63) is 83.4 Å². The lowest BCUT2D eigenvalue weighted by Gasteiger charge is -2.50. The second kappa shape index (κ2) is 5.37. The van der Waals surface area contributed by atoms with E-state index in [2.05, 4.69) is 0 Å². The van der Waals surface area contributed by atoms with Gasteiger partial charge in [0.15, 0.2) is 11.7 Å². The Balaban J connectivity index is 2.08. The number of carbonyl (C=O) groups excluding carboxylic acids is 2. The number of benzene rings is 2. The molecule has 0 unspecified atom stereocenters. The second-order valence-corrected chi connectivity index (χ2v) is 6.49. The molecule has 4 atom stereocenters. The summed E-state index contributed by atoms with van der Waals surface area (Å²) in [6.07, 6.45) is 0. The Labute approximate surface area is 146 Å². The van der Waals surface area contributed by atoms with E-state index < -0.39 is 46.4 Å². The fourth-order valence-electron chi connectivity index (χ4n) is 4.03. The summed E-state index contributed by atoms with van der Waals surface area (Å²) in [7, 11) is 0. The first kappa shape index (κ1) is 16.7. The Morgan fingerprint density at radius 2 is 0.923 bits per heavy atom. The zero-order chi connectivity index (χ0) is 18.7. The molecule has 3 aliphatic carbocycles. The summed E-state index contributed by atoms with van der Waals surface area (Å²) in [6, 6.07) is 14.9. The maximum absolute atomic E-state index is 15.7. The van der Waals surface area contributed by atoms with Crippen LogP contribution < -0.4 is 0 Å². The van der Waals surface area contributed by atoms with Crippen LogP contribution in [0.4, 0.5) is 17.6 Å². The van der Waals surface area contributed by atoms with Gasteiger partial charge in [0.2, 0.25) is 22.9 Å². The predicted molar refractivity (Wildman–Crippen MR) is 85.3 cm³/mol. The average Bonchev–Trinajstić information content (AvgIpc) is 2.68. The molecular formula is C20H12F4O2. The molecule has 132 valence electrons. The molecule has 2 nitrogen and oxygen atoms in total. The van der Waals surface area contributed by atoms with Gasteiger partial charge in [0.05, 0.1) is 0 Å². The van der Waals surface area contributed by atoms with Crippen LogP contribution in [0, 0.1) is 0 Å². The van der Waals surface area contributed by atoms with Crippen LogP contribution in [-0.2, 0) is 9.59 Å².